The highest BCUT2D eigenvalue weighted by atomic mass is 15.1. The van der Waals surface area contributed by atoms with Gasteiger partial charge < -0.3 is 9.13 Å². The van der Waals surface area contributed by atoms with E-state index in [0.29, 0.717) is 22.8 Å². The molecule has 0 atom stereocenters. The summed E-state index contributed by atoms with van der Waals surface area (Å²) < 4.78 is 4.75. The Morgan fingerprint density at radius 1 is 0.400 bits per heavy atom. The molecule has 0 fully saturated rings. The van der Waals surface area contributed by atoms with Gasteiger partial charge in [-0.25, -0.2) is 29.9 Å². The van der Waals surface area contributed by atoms with Crippen molar-refractivity contribution < 1.29 is 0 Å². The molecule has 0 unspecified atom stereocenters. The number of rotatable bonds is 3. The van der Waals surface area contributed by atoms with Gasteiger partial charge in [-0.3, -0.25) is 0 Å². The zero-order valence-corrected chi connectivity index (χ0v) is 26.4. The van der Waals surface area contributed by atoms with Gasteiger partial charge in [-0.1, -0.05) is 97.1 Å². The first-order chi connectivity index (χ1) is 24.8. The predicted molar refractivity (Wildman–Crippen MR) is 200 cm³/mol. The molecule has 11 rings (SSSR count). The third kappa shape index (κ3) is 3.75. The second kappa shape index (κ2) is 10.2. The van der Waals surface area contributed by atoms with E-state index in [2.05, 4.69) is 144 Å². The van der Waals surface area contributed by atoms with Gasteiger partial charge in [0.25, 0.3) is 0 Å². The summed E-state index contributed by atoms with van der Waals surface area (Å²) in [5, 5.41) is 9.52. The fourth-order valence-electron chi connectivity index (χ4n) is 7.66. The van der Waals surface area contributed by atoms with Crippen LogP contribution in [-0.2, 0) is 0 Å². The van der Waals surface area contributed by atoms with Crippen molar-refractivity contribution in [2.75, 3.05) is 0 Å². The SMILES string of the molecule is c1ccc(-n2c3c4ccccc4ccc3c3ccc4c(c5ccc6ccccc6c5n4-c4cnc(-c5ncc6nccnc6n5)nc4)c32)cc1. The van der Waals surface area contributed by atoms with E-state index in [9.17, 15) is 0 Å². The first kappa shape index (κ1) is 26.9. The van der Waals surface area contributed by atoms with Gasteiger partial charge in [0.15, 0.2) is 17.3 Å². The third-order valence-corrected chi connectivity index (χ3v) is 9.77. The molecule has 50 heavy (non-hydrogen) atoms. The van der Waals surface area contributed by atoms with Crippen molar-refractivity contribution in [1.82, 2.24) is 39.0 Å². The average Bonchev–Trinajstić information content (AvgIpc) is 3.72. The van der Waals surface area contributed by atoms with E-state index in [4.69, 9.17) is 9.97 Å². The van der Waals surface area contributed by atoms with Gasteiger partial charge in [0.2, 0.25) is 0 Å². The highest BCUT2D eigenvalue weighted by Crippen LogP contribution is 2.45. The third-order valence-electron chi connectivity index (χ3n) is 9.77. The summed E-state index contributed by atoms with van der Waals surface area (Å²) in [6.45, 7) is 0. The zero-order valence-electron chi connectivity index (χ0n) is 26.4. The highest BCUT2D eigenvalue weighted by Gasteiger charge is 2.23. The predicted octanol–water partition coefficient (Wildman–Crippen LogP) is 9.38. The molecular weight excluding hydrogens is 617 g/mol. The monoisotopic (exact) mass is 640 g/mol. The van der Waals surface area contributed by atoms with Crippen LogP contribution in [-0.4, -0.2) is 39.0 Å². The van der Waals surface area contributed by atoms with Gasteiger partial charge >= 0.3 is 0 Å². The Morgan fingerprint density at radius 3 is 1.80 bits per heavy atom. The molecule has 0 spiro atoms. The Labute approximate surface area is 284 Å². The van der Waals surface area contributed by atoms with E-state index in [1.54, 1.807) is 18.6 Å². The Balaban J connectivity index is 1.26. The number of nitrogens with zero attached hydrogens (tertiary/aromatic N) is 8. The Kier molecular flexibility index (Phi) is 5.51. The van der Waals surface area contributed by atoms with E-state index in [0.717, 1.165) is 38.6 Å². The van der Waals surface area contributed by atoms with E-state index in [-0.39, 0.29) is 0 Å². The summed E-state index contributed by atoms with van der Waals surface area (Å²) in [6, 6.07) is 41.4. The fourth-order valence-corrected chi connectivity index (χ4v) is 7.66. The molecule has 0 aliphatic carbocycles. The summed E-state index contributed by atoms with van der Waals surface area (Å²) >= 11 is 0. The molecule has 5 heterocycles. The zero-order chi connectivity index (χ0) is 32.8. The number of aromatic nitrogens is 8. The van der Waals surface area contributed by atoms with Gasteiger partial charge in [-0.15, -0.1) is 0 Å². The molecule has 0 amide bonds. The van der Waals surface area contributed by atoms with Crippen LogP contribution in [0.2, 0.25) is 0 Å². The van der Waals surface area contributed by atoms with Crippen LogP contribution < -0.4 is 0 Å². The first-order valence-electron chi connectivity index (χ1n) is 16.4. The minimum Gasteiger partial charge on any atom is -0.308 e. The van der Waals surface area contributed by atoms with Crippen LogP contribution in [0.15, 0.2) is 146 Å². The standard InChI is InChI=1S/C42H24N8/c1-2-10-27(11-3-1)50-37-29-12-6-4-8-25(29)14-16-31(37)32-18-19-35-36(39(32)50)33-17-15-26-9-5-7-13-30(26)38(33)49(35)28-22-45-41(46-23-28)42-47-24-34-40(48-42)44-21-20-43-34/h1-24H. The van der Waals surface area contributed by atoms with Crippen molar-refractivity contribution >= 4 is 76.3 Å². The molecule has 0 radical (unpaired) electrons. The molecule has 0 saturated carbocycles. The summed E-state index contributed by atoms with van der Waals surface area (Å²) in [5.74, 6) is 0.823. The van der Waals surface area contributed by atoms with Crippen LogP contribution in [0.1, 0.15) is 0 Å². The van der Waals surface area contributed by atoms with Gasteiger partial charge in [0, 0.05) is 50.4 Å². The second-order valence-electron chi connectivity index (χ2n) is 12.5. The van der Waals surface area contributed by atoms with Crippen LogP contribution in [0, 0.1) is 0 Å². The van der Waals surface area contributed by atoms with Crippen LogP contribution in [0.5, 0.6) is 0 Å². The molecule has 11 aromatic rings. The van der Waals surface area contributed by atoms with Crippen molar-refractivity contribution in [3.63, 3.8) is 0 Å². The van der Waals surface area contributed by atoms with E-state index < -0.39 is 0 Å². The lowest BCUT2D eigenvalue weighted by molar-refractivity contribution is 1.04. The Bertz CT molecular complexity index is 3140. The van der Waals surface area contributed by atoms with Crippen LogP contribution in [0.3, 0.4) is 0 Å². The lowest BCUT2D eigenvalue weighted by Gasteiger charge is -2.11. The van der Waals surface area contributed by atoms with Gasteiger partial charge in [-0.05, 0) is 29.0 Å². The maximum absolute atomic E-state index is 4.79. The molecule has 0 saturated heterocycles. The Morgan fingerprint density at radius 2 is 1.02 bits per heavy atom. The van der Waals surface area contributed by atoms with Crippen LogP contribution in [0.25, 0.3) is 99.3 Å². The minimum atomic E-state index is 0.401. The topological polar surface area (TPSA) is 87.2 Å². The van der Waals surface area contributed by atoms with Crippen molar-refractivity contribution in [1.29, 1.82) is 0 Å². The van der Waals surface area contributed by atoms with E-state index >= 15 is 0 Å². The molecule has 0 aliphatic rings. The summed E-state index contributed by atoms with van der Waals surface area (Å²) in [4.78, 5) is 27.3. The molecule has 5 aromatic heterocycles. The maximum Gasteiger partial charge on any atom is 0.199 e. The first-order valence-corrected chi connectivity index (χ1v) is 16.4. The smallest absolute Gasteiger partial charge is 0.199 e. The number of hydrogen-bond acceptors (Lipinski definition) is 6. The summed E-state index contributed by atoms with van der Waals surface area (Å²) in [7, 11) is 0. The second-order valence-corrected chi connectivity index (χ2v) is 12.5. The average molecular weight is 641 g/mol. The molecular formula is C42H24N8. The van der Waals surface area contributed by atoms with Gasteiger partial charge in [0.05, 0.1) is 46.3 Å². The quantitative estimate of drug-likeness (QED) is 0.191. The normalized spacial score (nSPS) is 12.0. The highest BCUT2D eigenvalue weighted by molar-refractivity contribution is 6.30. The maximum atomic E-state index is 4.79. The van der Waals surface area contributed by atoms with E-state index in [1.165, 1.54) is 38.0 Å². The molecule has 8 nitrogen and oxygen atoms in total. The van der Waals surface area contributed by atoms with Crippen LogP contribution in [0.4, 0.5) is 0 Å². The molecule has 232 valence electrons. The van der Waals surface area contributed by atoms with E-state index in [1.807, 2.05) is 12.4 Å². The minimum absolute atomic E-state index is 0.401. The van der Waals surface area contributed by atoms with Crippen molar-refractivity contribution in [3.05, 3.63) is 146 Å². The summed E-state index contributed by atoms with van der Waals surface area (Å²) in [5.41, 5.74) is 7.63. The van der Waals surface area contributed by atoms with Gasteiger partial charge in [-0.2, -0.15) is 0 Å². The van der Waals surface area contributed by atoms with Crippen molar-refractivity contribution in [2.24, 2.45) is 0 Å². The lowest BCUT2D eigenvalue weighted by Crippen LogP contribution is -2.01. The molecule has 0 N–H and O–H groups in total. The molecule has 8 heteroatoms. The molecule has 6 aromatic carbocycles. The van der Waals surface area contributed by atoms with Crippen molar-refractivity contribution in [2.45, 2.75) is 0 Å². The molecule has 0 aliphatic heterocycles. The number of hydrogen-bond donors (Lipinski definition) is 0. The van der Waals surface area contributed by atoms with Crippen LogP contribution >= 0.6 is 0 Å². The molecule has 0 bridgehead atoms. The largest absolute Gasteiger partial charge is 0.308 e. The van der Waals surface area contributed by atoms with Gasteiger partial charge in [0.1, 0.15) is 5.52 Å². The fraction of sp³-hybridized carbons (Fsp3) is 0. The number of fused-ring (bicyclic) bond motifs is 12. The summed E-state index contributed by atoms with van der Waals surface area (Å²) in [6.07, 6.45) is 8.62. The number of benzene rings is 6. The Hall–Kier alpha value is -7.06. The van der Waals surface area contributed by atoms with Crippen molar-refractivity contribution in [3.8, 4) is 23.0 Å². The number of para-hydroxylation sites is 1. The lowest BCUT2D eigenvalue weighted by atomic mass is 10.0.